The zero-order chi connectivity index (χ0) is 15.2. The number of halogens is 2. The maximum absolute atomic E-state index is 14.1. The Kier molecular flexibility index (Phi) is 6.45. The summed E-state index contributed by atoms with van der Waals surface area (Å²) in [7, 11) is 0. The van der Waals surface area contributed by atoms with Crippen LogP contribution in [-0.2, 0) is 11.3 Å². The van der Waals surface area contributed by atoms with Crippen LogP contribution in [0.4, 0.5) is 8.78 Å². The van der Waals surface area contributed by atoms with E-state index in [4.69, 9.17) is 4.74 Å². The summed E-state index contributed by atoms with van der Waals surface area (Å²) in [5.41, 5.74) is 0.655. The molecular weight excluding hydrogens is 292 g/mol. The van der Waals surface area contributed by atoms with E-state index in [1.165, 1.54) is 23.9 Å². The highest BCUT2D eigenvalue weighted by Crippen LogP contribution is 2.34. The zero-order valence-electron chi connectivity index (χ0n) is 12.6. The fourth-order valence-electron chi connectivity index (χ4n) is 2.29. The molecule has 0 atom stereocenters. The van der Waals surface area contributed by atoms with Gasteiger partial charge in [-0.15, -0.1) is 11.8 Å². The largest absolute Gasteiger partial charge is 0.381 e. The third-order valence-electron chi connectivity index (χ3n) is 3.39. The lowest BCUT2D eigenvalue weighted by molar-refractivity contribution is 0.1000. The minimum absolute atomic E-state index is 0.148. The van der Waals surface area contributed by atoms with E-state index < -0.39 is 11.6 Å². The van der Waals surface area contributed by atoms with Crippen LogP contribution in [0, 0.1) is 17.6 Å². The summed E-state index contributed by atoms with van der Waals surface area (Å²) in [6.45, 7) is 6.88. The van der Waals surface area contributed by atoms with E-state index >= 15 is 0 Å². The van der Waals surface area contributed by atoms with Crippen molar-refractivity contribution >= 4 is 11.8 Å². The Morgan fingerprint density at radius 2 is 1.86 bits per heavy atom. The quantitative estimate of drug-likeness (QED) is 0.858. The van der Waals surface area contributed by atoms with Gasteiger partial charge in [-0.2, -0.15) is 0 Å². The van der Waals surface area contributed by atoms with Gasteiger partial charge in [-0.3, -0.25) is 0 Å². The fourth-order valence-corrected chi connectivity index (χ4v) is 3.40. The van der Waals surface area contributed by atoms with Crippen LogP contribution in [-0.4, -0.2) is 25.0 Å². The van der Waals surface area contributed by atoms with Crippen molar-refractivity contribution in [3.63, 3.8) is 0 Å². The molecule has 2 nitrogen and oxygen atoms in total. The smallest absolute Gasteiger partial charge is 0.140 e. The number of rotatable bonds is 6. The lowest BCUT2D eigenvalue weighted by atomic mass is 10.2. The van der Waals surface area contributed by atoms with Crippen LogP contribution >= 0.6 is 11.8 Å². The summed E-state index contributed by atoms with van der Waals surface area (Å²) in [4.78, 5) is 0.148. The minimum atomic E-state index is -0.451. The summed E-state index contributed by atoms with van der Waals surface area (Å²) in [5.74, 6) is -0.385. The highest BCUT2D eigenvalue weighted by molar-refractivity contribution is 8.00. The van der Waals surface area contributed by atoms with Crippen LogP contribution < -0.4 is 5.32 Å². The highest BCUT2D eigenvalue weighted by atomic mass is 32.2. The number of thioether (sulfide) groups is 1. The molecule has 0 aliphatic carbocycles. The highest BCUT2D eigenvalue weighted by Gasteiger charge is 2.20. The summed E-state index contributed by atoms with van der Waals surface area (Å²) in [5, 5.41) is 3.44. The zero-order valence-corrected chi connectivity index (χ0v) is 13.4. The van der Waals surface area contributed by atoms with Crippen LogP contribution in [0.1, 0.15) is 32.3 Å². The molecule has 1 N–H and O–H groups in total. The molecule has 21 heavy (non-hydrogen) atoms. The first kappa shape index (κ1) is 16.7. The van der Waals surface area contributed by atoms with Gasteiger partial charge in [0, 0.05) is 25.0 Å². The van der Waals surface area contributed by atoms with Gasteiger partial charge >= 0.3 is 0 Å². The van der Waals surface area contributed by atoms with Gasteiger partial charge in [0.2, 0.25) is 0 Å². The minimum Gasteiger partial charge on any atom is -0.381 e. The molecule has 0 unspecified atom stereocenters. The van der Waals surface area contributed by atoms with Crippen LogP contribution in [0.25, 0.3) is 0 Å². The molecule has 1 fully saturated rings. The van der Waals surface area contributed by atoms with E-state index in [-0.39, 0.29) is 10.1 Å². The molecule has 0 bridgehead atoms. The normalized spacial score (nSPS) is 16.6. The average Bonchev–Trinajstić information content (AvgIpc) is 2.44. The molecule has 0 spiro atoms. The molecule has 1 aromatic carbocycles. The molecule has 5 heteroatoms. The molecule has 0 amide bonds. The van der Waals surface area contributed by atoms with E-state index in [1.807, 2.05) is 0 Å². The van der Waals surface area contributed by atoms with E-state index in [2.05, 4.69) is 19.2 Å². The summed E-state index contributed by atoms with van der Waals surface area (Å²) in [6, 6.07) is 2.89. The van der Waals surface area contributed by atoms with Crippen molar-refractivity contribution in [2.24, 2.45) is 5.92 Å². The number of hydrogen-bond donors (Lipinski definition) is 1. The molecule has 1 aromatic rings. The van der Waals surface area contributed by atoms with Gasteiger partial charge in [-0.1, -0.05) is 13.8 Å². The first-order valence-corrected chi connectivity index (χ1v) is 8.37. The lowest BCUT2D eigenvalue weighted by Crippen LogP contribution is -2.19. The number of nitrogens with one attached hydrogen (secondary N) is 1. The Balaban J connectivity index is 1.99. The first-order valence-electron chi connectivity index (χ1n) is 7.49. The lowest BCUT2D eigenvalue weighted by Gasteiger charge is -2.22. The van der Waals surface area contributed by atoms with Crippen LogP contribution in [0.3, 0.4) is 0 Å². The topological polar surface area (TPSA) is 21.3 Å². The molecule has 0 saturated carbocycles. The Labute approximate surface area is 129 Å². The van der Waals surface area contributed by atoms with Crippen LogP contribution in [0.15, 0.2) is 17.0 Å². The molecular formula is C16H23F2NOS. The Morgan fingerprint density at radius 1 is 1.24 bits per heavy atom. The molecule has 0 aromatic heterocycles. The standard InChI is InChI=1S/C16H23F2NOS/c1-11(2)9-19-10-12-7-14(17)16(15(18)8-12)21-13-3-5-20-6-4-13/h7-8,11,13,19H,3-6,9-10H2,1-2H3. The van der Waals surface area contributed by atoms with Crippen molar-refractivity contribution in [1.82, 2.24) is 5.32 Å². The van der Waals surface area contributed by atoms with Crippen molar-refractivity contribution < 1.29 is 13.5 Å². The maximum Gasteiger partial charge on any atom is 0.140 e. The molecule has 1 aliphatic rings. The maximum atomic E-state index is 14.1. The summed E-state index contributed by atoms with van der Waals surface area (Å²) < 4.78 is 33.5. The van der Waals surface area contributed by atoms with Crippen molar-refractivity contribution in [1.29, 1.82) is 0 Å². The number of ether oxygens (including phenoxy) is 1. The van der Waals surface area contributed by atoms with Crippen LogP contribution in [0.5, 0.6) is 0 Å². The molecule has 1 aliphatic heterocycles. The average molecular weight is 315 g/mol. The molecule has 118 valence electrons. The van der Waals surface area contributed by atoms with Crippen molar-refractivity contribution in [3.05, 3.63) is 29.3 Å². The predicted molar refractivity (Wildman–Crippen MR) is 82.6 cm³/mol. The predicted octanol–water partition coefficient (Wildman–Crippen LogP) is 3.98. The fraction of sp³-hybridized carbons (Fsp3) is 0.625. The molecule has 0 radical (unpaired) electrons. The second-order valence-corrected chi connectivity index (χ2v) is 7.15. The third-order valence-corrected chi connectivity index (χ3v) is 4.82. The SMILES string of the molecule is CC(C)CNCc1cc(F)c(SC2CCOCC2)c(F)c1. The summed E-state index contributed by atoms with van der Waals surface area (Å²) >= 11 is 1.30. The molecule has 2 rings (SSSR count). The van der Waals surface area contributed by atoms with E-state index in [0.717, 1.165) is 19.4 Å². The van der Waals surface area contributed by atoms with Crippen LogP contribution in [0.2, 0.25) is 0 Å². The van der Waals surface area contributed by atoms with Gasteiger partial charge in [0.1, 0.15) is 11.6 Å². The van der Waals surface area contributed by atoms with E-state index in [0.29, 0.717) is 31.2 Å². The molecule has 1 heterocycles. The third kappa shape index (κ3) is 5.24. The Bertz CT molecular complexity index is 439. The van der Waals surface area contributed by atoms with Crippen molar-refractivity contribution in [2.75, 3.05) is 19.8 Å². The molecule has 1 saturated heterocycles. The Morgan fingerprint density at radius 3 is 2.43 bits per heavy atom. The second-order valence-electron chi connectivity index (χ2n) is 5.84. The monoisotopic (exact) mass is 315 g/mol. The van der Waals surface area contributed by atoms with E-state index in [9.17, 15) is 8.78 Å². The van der Waals surface area contributed by atoms with Gasteiger partial charge in [-0.25, -0.2) is 8.78 Å². The Hall–Kier alpha value is -0.650. The first-order chi connectivity index (χ1) is 10.1. The van der Waals surface area contributed by atoms with Gasteiger partial charge in [-0.05, 0) is 43.0 Å². The van der Waals surface area contributed by atoms with E-state index in [1.54, 1.807) is 0 Å². The van der Waals surface area contributed by atoms with Gasteiger partial charge in [0.05, 0.1) is 4.90 Å². The number of hydrogen-bond acceptors (Lipinski definition) is 3. The second kappa shape index (κ2) is 8.11. The van der Waals surface area contributed by atoms with Crippen molar-refractivity contribution in [2.45, 2.75) is 43.4 Å². The number of benzene rings is 1. The van der Waals surface area contributed by atoms with Gasteiger partial charge in [0.15, 0.2) is 0 Å². The summed E-state index contributed by atoms with van der Waals surface area (Å²) in [6.07, 6.45) is 1.70. The van der Waals surface area contributed by atoms with Gasteiger partial charge < -0.3 is 10.1 Å². The van der Waals surface area contributed by atoms with Crippen molar-refractivity contribution in [3.8, 4) is 0 Å². The van der Waals surface area contributed by atoms with Gasteiger partial charge in [0.25, 0.3) is 0 Å².